The Balaban J connectivity index is 2.41. The number of para-hydroxylation sites is 1. The second-order valence-corrected chi connectivity index (χ2v) is 7.73. The number of rotatable bonds is 12. The van der Waals surface area contributed by atoms with Gasteiger partial charge in [0, 0.05) is 19.2 Å². The number of guanidine groups is 1. The lowest BCUT2D eigenvalue weighted by atomic mass is 10.1. The maximum Gasteiger partial charge on any atom is 0.344 e. The first-order valence-corrected chi connectivity index (χ1v) is 10.7. The number of nitrogens with zero attached hydrogens (tertiary/aromatic N) is 4. The van der Waals surface area contributed by atoms with E-state index in [2.05, 4.69) is 10.3 Å². The Labute approximate surface area is 205 Å². The number of nitrogens with one attached hydrogen (secondary N) is 1. The van der Waals surface area contributed by atoms with Gasteiger partial charge in [-0.1, -0.05) is 18.2 Å². The number of carboxylic acids is 2. The molecule has 1 heterocycles. The molecule has 15 heteroatoms. The van der Waals surface area contributed by atoms with Crippen molar-refractivity contribution in [3.8, 4) is 0 Å². The molecular formula is C21H27N7O8. The predicted octanol–water partition coefficient (Wildman–Crippen LogP) is -1.31. The van der Waals surface area contributed by atoms with Gasteiger partial charge in [0.05, 0.1) is 6.42 Å². The number of carbonyl (C=O) groups is 6. The SMILES string of the molecule is CC(=O)N([C@@H](CC(=O)O)C(=O)N(CC(=O)O)c1ccccc1)N1C(=O)N[C@@H](CCCN=C(N)N)C1=O. The molecule has 1 saturated heterocycles. The van der Waals surface area contributed by atoms with Crippen molar-refractivity contribution in [2.75, 3.05) is 18.0 Å². The number of amides is 5. The molecule has 0 unspecified atom stereocenters. The zero-order valence-corrected chi connectivity index (χ0v) is 19.4. The number of anilines is 1. The third-order valence-corrected chi connectivity index (χ3v) is 5.06. The lowest BCUT2D eigenvalue weighted by Gasteiger charge is -2.36. The van der Waals surface area contributed by atoms with Crippen LogP contribution in [0.3, 0.4) is 0 Å². The molecule has 7 N–H and O–H groups in total. The first-order valence-electron chi connectivity index (χ1n) is 10.7. The fourth-order valence-corrected chi connectivity index (χ4v) is 3.59. The van der Waals surface area contributed by atoms with Crippen molar-refractivity contribution in [1.29, 1.82) is 0 Å². The maximum atomic E-state index is 13.5. The molecule has 0 radical (unpaired) electrons. The first-order chi connectivity index (χ1) is 16.9. The fraction of sp³-hybridized carbons (Fsp3) is 0.381. The zero-order valence-electron chi connectivity index (χ0n) is 19.4. The highest BCUT2D eigenvalue weighted by Crippen LogP contribution is 2.22. The summed E-state index contributed by atoms with van der Waals surface area (Å²) in [6.07, 6.45) is -0.621. The van der Waals surface area contributed by atoms with Gasteiger partial charge in [-0.05, 0) is 25.0 Å². The average molecular weight is 505 g/mol. The highest BCUT2D eigenvalue weighted by molar-refractivity contribution is 6.08. The molecule has 0 saturated carbocycles. The van der Waals surface area contributed by atoms with Gasteiger partial charge in [0.15, 0.2) is 5.96 Å². The van der Waals surface area contributed by atoms with E-state index in [0.29, 0.717) is 16.4 Å². The molecule has 5 amide bonds. The molecular weight excluding hydrogens is 478 g/mol. The van der Waals surface area contributed by atoms with Crippen LogP contribution in [-0.2, 0) is 24.0 Å². The number of hydrogen-bond acceptors (Lipinski definition) is 7. The summed E-state index contributed by atoms with van der Waals surface area (Å²) >= 11 is 0. The third-order valence-electron chi connectivity index (χ3n) is 5.06. The minimum atomic E-state index is -1.91. The topological polar surface area (TPSA) is 229 Å². The summed E-state index contributed by atoms with van der Waals surface area (Å²) in [5.41, 5.74) is 10.6. The molecule has 1 aliphatic rings. The Hall–Kier alpha value is -4.69. The van der Waals surface area contributed by atoms with E-state index in [9.17, 15) is 39.0 Å². The molecule has 0 bridgehead atoms. The summed E-state index contributed by atoms with van der Waals surface area (Å²) in [7, 11) is 0. The van der Waals surface area contributed by atoms with Crippen LogP contribution in [0.4, 0.5) is 10.5 Å². The van der Waals surface area contributed by atoms with Gasteiger partial charge in [0.2, 0.25) is 5.91 Å². The van der Waals surface area contributed by atoms with E-state index in [1.165, 1.54) is 24.3 Å². The van der Waals surface area contributed by atoms with Crippen molar-refractivity contribution in [2.45, 2.75) is 38.3 Å². The van der Waals surface area contributed by atoms with E-state index in [4.69, 9.17) is 11.5 Å². The van der Waals surface area contributed by atoms with Crippen molar-refractivity contribution in [3.05, 3.63) is 30.3 Å². The average Bonchev–Trinajstić information content (AvgIpc) is 3.07. The number of aliphatic imine (C=N–C) groups is 1. The molecule has 0 spiro atoms. The molecule has 15 nitrogen and oxygen atoms in total. The maximum absolute atomic E-state index is 13.5. The van der Waals surface area contributed by atoms with E-state index < -0.39 is 60.7 Å². The van der Waals surface area contributed by atoms with Crippen LogP contribution in [0.5, 0.6) is 0 Å². The van der Waals surface area contributed by atoms with Crippen molar-refractivity contribution in [2.24, 2.45) is 16.5 Å². The van der Waals surface area contributed by atoms with Crippen LogP contribution in [0.1, 0.15) is 26.2 Å². The number of imide groups is 1. The number of aliphatic carboxylic acids is 2. The van der Waals surface area contributed by atoms with Crippen LogP contribution in [0.25, 0.3) is 0 Å². The quantitative estimate of drug-likeness (QED) is 0.0973. The standard InChI is InChI=1S/C21H27N7O8/c1-12(29)27(28-18(34)14(25-21(28)36)8-5-9-24-20(22)23)15(10-16(30)31)19(35)26(11-17(32)33)13-6-3-2-4-7-13/h2-4,6-7,14-15H,5,8-11H2,1H3,(H,25,36)(H,30,31)(H,32,33)(H4,22,23,24)/t14-,15-/m0/s1. The Morgan fingerprint density at radius 3 is 2.28 bits per heavy atom. The molecule has 1 aliphatic heterocycles. The number of benzene rings is 1. The van der Waals surface area contributed by atoms with Gasteiger partial charge in [-0.2, -0.15) is 5.01 Å². The normalized spacial score (nSPS) is 15.6. The van der Waals surface area contributed by atoms with E-state index in [1.54, 1.807) is 6.07 Å². The van der Waals surface area contributed by atoms with Gasteiger partial charge in [0.25, 0.3) is 11.8 Å². The summed E-state index contributed by atoms with van der Waals surface area (Å²) in [4.78, 5) is 79.4. The van der Waals surface area contributed by atoms with Crippen LogP contribution in [0.15, 0.2) is 35.3 Å². The second kappa shape index (κ2) is 12.1. The summed E-state index contributed by atoms with van der Waals surface area (Å²) in [6.45, 7) is 0.247. The number of nitrogens with two attached hydrogens (primary N) is 2. The second-order valence-electron chi connectivity index (χ2n) is 7.73. The highest BCUT2D eigenvalue weighted by atomic mass is 16.4. The van der Waals surface area contributed by atoms with Crippen LogP contribution < -0.4 is 21.7 Å². The monoisotopic (exact) mass is 505 g/mol. The largest absolute Gasteiger partial charge is 0.481 e. The van der Waals surface area contributed by atoms with Crippen molar-refractivity contribution < 1.29 is 39.0 Å². The van der Waals surface area contributed by atoms with Gasteiger partial charge >= 0.3 is 18.0 Å². The third kappa shape index (κ3) is 6.91. The van der Waals surface area contributed by atoms with Gasteiger partial charge in [-0.3, -0.25) is 33.9 Å². The number of hydrogen-bond donors (Lipinski definition) is 5. The van der Waals surface area contributed by atoms with Crippen LogP contribution in [-0.4, -0.2) is 87.1 Å². The van der Waals surface area contributed by atoms with Crippen molar-refractivity contribution >= 4 is 47.3 Å². The van der Waals surface area contributed by atoms with Gasteiger partial charge in [0.1, 0.15) is 18.6 Å². The van der Waals surface area contributed by atoms with Gasteiger partial charge in [-0.25, -0.2) is 9.80 Å². The predicted molar refractivity (Wildman–Crippen MR) is 124 cm³/mol. The molecule has 1 aromatic carbocycles. The smallest absolute Gasteiger partial charge is 0.344 e. The number of urea groups is 1. The molecule has 2 atom stereocenters. The van der Waals surface area contributed by atoms with E-state index in [-0.39, 0.29) is 24.6 Å². The van der Waals surface area contributed by atoms with E-state index in [0.717, 1.165) is 11.8 Å². The minimum absolute atomic E-state index is 0.0935. The summed E-state index contributed by atoms with van der Waals surface area (Å²) in [6, 6.07) is 3.45. The molecule has 2 rings (SSSR count). The molecule has 194 valence electrons. The number of carboxylic acid groups (broad SMARTS) is 2. The summed E-state index contributed by atoms with van der Waals surface area (Å²) in [5, 5.41) is 22.0. The van der Waals surface area contributed by atoms with Gasteiger partial charge < -0.3 is 27.0 Å². The Bertz CT molecular complexity index is 1060. The summed E-state index contributed by atoms with van der Waals surface area (Å²) < 4.78 is 0. The Kier molecular flexibility index (Phi) is 9.29. The molecule has 1 aromatic rings. The molecule has 0 aliphatic carbocycles. The van der Waals surface area contributed by atoms with Gasteiger partial charge in [-0.15, -0.1) is 0 Å². The fourth-order valence-electron chi connectivity index (χ4n) is 3.59. The molecule has 36 heavy (non-hydrogen) atoms. The lowest BCUT2D eigenvalue weighted by Crippen LogP contribution is -2.60. The highest BCUT2D eigenvalue weighted by Gasteiger charge is 2.47. The first kappa shape index (κ1) is 27.6. The van der Waals surface area contributed by atoms with Crippen molar-refractivity contribution in [1.82, 2.24) is 15.3 Å². The number of hydrazine groups is 1. The minimum Gasteiger partial charge on any atom is -0.481 e. The van der Waals surface area contributed by atoms with E-state index in [1.807, 2.05) is 0 Å². The Morgan fingerprint density at radius 2 is 1.75 bits per heavy atom. The lowest BCUT2D eigenvalue weighted by molar-refractivity contribution is -0.164. The van der Waals surface area contributed by atoms with E-state index >= 15 is 0 Å². The van der Waals surface area contributed by atoms with Crippen LogP contribution in [0.2, 0.25) is 0 Å². The van der Waals surface area contributed by atoms with Crippen molar-refractivity contribution in [3.63, 3.8) is 0 Å². The zero-order chi connectivity index (χ0) is 27.0. The summed E-state index contributed by atoms with van der Waals surface area (Å²) in [5.74, 6) is -6.08. The number of carbonyl (C=O) groups excluding carboxylic acids is 4. The molecule has 0 aromatic heterocycles. The van der Waals surface area contributed by atoms with Crippen LogP contribution in [0, 0.1) is 0 Å². The van der Waals surface area contributed by atoms with Crippen LogP contribution >= 0.6 is 0 Å². The Morgan fingerprint density at radius 1 is 1.11 bits per heavy atom. The molecule has 1 fully saturated rings.